The minimum atomic E-state index is -0.636. The number of carbonyl (C=O) groups excluding carboxylic acids is 3. The Morgan fingerprint density at radius 2 is 1.49 bits per heavy atom. The van der Waals surface area contributed by atoms with E-state index in [-0.39, 0.29) is 37.4 Å². The second-order valence-corrected chi connectivity index (χ2v) is 11.0. The fourth-order valence-electron chi connectivity index (χ4n) is 5.19. The van der Waals surface area contributed by atoms with Crippen LogP contribution in [0.3, 0.4) is 0 Å². The van der Waals surface area contributed by atoms with Gasteiger partial charge in [-0.15, -0.1) is 0 Å². The van der Waals surface area contributed by atoms with Crippen molar-refractivity contribution in [3.63, 3.8) is 0 Å². The third-order valence-corrected chi connectivity index (χ3v) is 7.62. The van der Waals surface area contributed by atoms with Gasteiger partial charge in [-0.25, -0.2) is 4.98 Å². The van der Waals surface area contributed by atoms with Gasteiger partial charge in [-0.2, -0.15) is 0 Å². The van der Waals surface area contributed by atoms with Gasteiger partial charge in [0.05, 0.1) is 78.2 Å². The largest absolute Gasteiger partial charge is 0.377 e. The van der Waals surface area contributed by atoms with E-state index in [9.17, 15) is 14.4 Å². The summed E-state index contributed by atoms with van der Waals surface area (Å²) in [6.07, 6.45) is 3.13. The van der Waals surface area contributed by atoms with Crippen LogP contribution >= 0.6 is 0 Å². The molecule has 49 heavy (non-hydrogen) atoms. The van der Waals surface area contributed by atoms with Crippen LogP contribution in [0.4, 0.5) is 0 Å². The number of carbonyl (C=O) groups is 3. The number of hydrogen-bond acceptors (Lipinski definition) is 11. The first-order valence-electron chi connectivity index (χ1n) is 16.1. The van der Waals surface area contributed by atoms with Gasteiger partial charge in [-0.05, 0) is 36.2 Å². The number of nitrogens with one attached hydrogen (secondary N) is 1. The minimum absolute atomic E-state index is 0.0103. The maximum Gasteiger partial charge on any atom is 0.295 e. The number of azide groups is 1. The Morgan fingerprint density at radius 3 is 2.10 bits per heavy atom. The van der Waals surface area contributed by atoms with Crippen molar-refractivity contribution in [2.75, 3.05) is 92.4 Å². The van der Waals surface area contributed by atoms with Crippen LogP contribution < -0.4 is 0 Å². The van der Waals surface area contributed by atoms with Crippen molar-refractivity contribution in [2.24, 2.45) is 5.11 Å². The van der Waals surface area contributed by atoms with Gasteiger partial charge in [0.1, 0.15) is 12.4 Å². The van der Waals surface area contributed by atoms with Crippen molar-refractivity contribution < 1.29 is 42.8 Å². The molecule has 1 saturated heterocycles. The number of hydrogen-bond donors (Lipinski definition) is 1. The molecule has 0 bridgehead atoms. The molecule has 3 heterocycles. The summed E-state index contributed by atoms with van der Waals surface area (Å²) in [6, 6.07) is 10.4. The van der Waals surface area contributed by atoms with E-state index in [2.05, 4.69) is 20.0 Å². The van der Waals surface area contributed by atoms with Gasteiger partial charge in [0, 0.05) is 53.9 Å². The van der Waals surface area contributed by atoms with Crippen molar-refractivity contribution >= 4 is 28.6 Å². The van der Waals surface area contributed by atoms with Crippen LogP contribution in [0.15, 0.2) is 53.9 Å². The maximum absolute atomic E-state index is 13.5. The van der Waals surface area contributed by atoms with Crippen molar-refractivity contribution in [1.82, 2.24) is 19.8 Å². The average molecular weight is 682 g/mol. The van der Waals surface area contributed by atoms with E-state index in [4.69, 9.17) is 34.0 Å². The number of pyridine rings is 1. The first kappa shape index (κ1) is 37.4. The zero-order chi connectivity index (χ0) is 34.7. The molecule has 0 spiro atoms. The Balaban J connectivity index is 1.11. The molecule has 1 aromatic carbocycles. The van der Waals surface area contributed by atoms with Gasteiger partial charge in [-0.3, -0.25) is 14.4 Å². The molecule has 0 saturated carbocycles. The fraction of sp³-hybridized carbons (Fsp3) is 0.515. The van der Waals surface area contributed by atoms with Gasteiger partial charge >= 0.3 is 0 Å². The normalized spacial score (nSPS) is 14.6. The molecule has 1 aliphatic rings. The highest BCUT2D eigenvalue weighted by Crippen LogP contribution is 2.24. The van der Waals surface area contributed by atoms with Gasteiger partial charge in [0.2, 0.25) is 0 Å². The van der Waals surface area contributed by atoms with Crippen LogP contribution in [-0.2, 0) is 39.8 Å². The van der Waals surface area contributed by atoms with E-state index < -0.39 is 11.7 Å². The molecule has 0 aliphatic carbocycles. The molecule has 1 aliphatic heterocycles. The number of rotatable bonds is 22. The number of ketones is 1. The molecule has 264 valence electrons. The molecule has 4 rings (SSSR count). The number of amides is 2. The quantitative estimate of drug-likeness (QED) is 0.0412. The molecule has 1 fully saturated rings. The number of benzene rings is 1. The summed E-state index contributed by atoms with van der Waals surface area (Å²) in [5.41, 5.74) is 10.2. The van der Waals surface area contributed by atoms with Gasteiger partial charge < -0.3 is 43.2 Å². The molecule has 0 radical (unpaired) electrons. The predicted octanol–water partition coefficient (Wildman–Crippen LogP) is 2.99. The van der Waals surface area contributed by atoms with E-state index in [1.165, 1.54) is 11.1 Å². The Morgan fingerprint density at radius 1 is 0.878 bits per heavy atom. The average Bonchev–Trinajstić information content (AvgIpc) is 3.57. The molecule has 16 nitrogen and oxygen atoms in total. The molecule has 16 heteroatoms. The smallest absolute Gasteiger partial charge is 0.295 e. The molecule has 2 amide bonds. The Hall–Kier alpha value is -4.41. The summed E-state index contributed by atoms with van der Waals surface area (Å²) in [6.45, 7) is 6.89. The maximum atomic E-state index is 13.5. The molecule has 1 N–H and O–H groups in total. The van der Waals surface area contributed by atoms with Crippen LogP contribution in [0.2, 0.25) is 0 Å². The first-order chi connectivity index (χ1) is 24.0. The zero-order valence-electron chi connectivity index (χ0n) is 27.7. The molecular weight excluding hydrogens is 638 g/mol. The summed E-state index contributed by atoms with van der Waals surface area (Å²) in [5.74, 6) is -1.35. The Bertz CT molecular complexity index is 1530. The van der Waals surface area contributed by atoms with Crippen molar-refractivity contribution in [1.29, 1.82) is 0 Å². The van der Waals surface area contributed by atoms with Crippen molar-refractivity contribution in [2.45, 2.75) is 19.6 Å². The molecular formula is C33H43N7O9. The van der Waals surface area contributed by atoms with Crippen LogP contribution in [0.1, 0.15) is 33.2 Å². The van der Waals surface area contributed by atoms with Crippen molar-refractivity contribution in [3.05, 3.63) is 75.9 Å². The highest BCUT2D eigenvalue weighted by molar-refractivity contribution is 6.45. The Kier molecular flexibility index (Phi) is 15.9. The summed E-state index contributed by atoms with van der Waals surface area (Å²) < 4.78 is 32.6. The lowest BCUT2D eigenvalue weighted by Crippen LogP contribution is -2.56. The highest BCUT2D eigenvalue weighted by atomic mass is 16.6. The minimum Gasteiger partial charge on any atom is -0.377 e. The highest BCUT2D eigenvalue weighted by Gasteiger charge is 2.34. The second-order valence-electron chi connectivity index (χ2n) is 11.0. The van der Waals surface area contributed by atoms with E-state index in [1.54, 1.807) is 29.3 Å². The molecule has 0 unspecified atom stereocenters. The van der Waals surface area contributed by atoms with Gasteiger partial charge in [0.25, 0.3) is 17.6 Å². The zero-order valence-corrected chi connectivity index (χ0v) is 27.7. The van der Waals surface area contributed by atoms with Crippen LogP contribution in [0.25, 0.3) is 21.5 Å². The first-order valence-corrected chi connectivity index (χ1v) is 16.1. The van der Waals surface area contributed by atoms with Crippen LogP contribution in [0, 0.1) is 0 Å². The van der Waals surface area contributed by atoms with Crippen molar-refractivity contribution in [3.8, 4) is 0 Å². The Labute approximate surface area is 284 Å². The summed E-state index contributed by atoms with van der Waals surface area (Å²) in [4.78, 5) is 52.9. The number of piperazine rings is 1. The SMILES string of the molecule is C[C@@H]1CN(C(=O)c2ccccc2)CCN1C(=O)C(=O)c1c[nH]c2nccc(COCCOCCOCCOCCOCCOCN=[N+]=[N-])c12. The monoisotopic (exact) mass is 681 g/mol. The second kappa shape index (κ2) is 20.8. The number of H-pyrrole nitrogens is 1. The fourth-order valence-corrected chi connectivity index (χ4v) is 5.19. The van der Waals surface area contributed by atoms with Crippen LogP contribution in [-0.4, -0.2) is 136 Å². The molecule has 2 aromatic heterocycles. The van der Waals surface area contributed by atoms with Crippen LogP contribution in [0.5, 0.6) is 0 Å². The van der Waals surface area contributed by atoms with E-state index in [0.29, 0.717) is 95.8 Å². The lowest BCUT2D eigenvalue weighted by Gasteiger charge is -2.39. The lowest BCUT2D eigenvalue weighted by molar-refractivity contribution is -0.130. The summed E-state index contributed by atoms with van der Waals surface area (Å²) >= 11 is 0. The number of Topliss-reactive ketones (excluding diaryl/α,β-unsaturated/α-hetero) is 1. The summed E-state index contributed by atoms with van der Waals surface area (Å²) in [7, 11) is 0. The standard InChI is InChI=1S/C33H43N7O9/c1-25-22-39(32(42)26-5-3-2-4-6-26)9-10-40(25)33(43)30(41)28-21-36-31-29(28)27(7-8-35-31)23-48-19-17-46-15-13-44-11-12-45-14-16-47-18-20-49-24-37-38-34/h2-8,21,25H,9-20,22-24H2,1H3,(H,35,36)/t25-/m1/s1. The number of aromatic amines is 1. The summed E-state index contributed by atoms with van der Waals surface area (Å²) in [5, 5.41) is 3.80. The third kappa shape index (κ3) is 11.6. The van der Waals surface area contributed by atoms with E-state index in [0.717, 1.165) is 5.56 Å². The van der Waals surface area contributed by atoms with Gasteiger partial charge in [0.15, 0.2) is 0 Å². The number of ether oxygens (including phenoxy) is 6. The van der Waals surface area contributed by atoms with Gasteiger partial charge in [-0.1, -0.05) is 23.3 Å². The number of fused-ring (bicyclic) bond motifs is 1. The molecule has 1 atom stereocenters. The number of aromatic nitrogens is 2. The van der Waals surface area contributed by atoms with E-state index in [1.807, 2.05) is 25.1 Å². The van der Waals surface area contributed by atoms with E-state index >= 15 is 0 Å². The lowest BCUT2D eigenvalue weighted by atomic mass is 10.0. The molecule has 3 aromatic rings. The predicted molar refractivity (Wildman–Crippen MR) is 177 cm³/mol. The topological polar surface area (TPSA) is 191 Å². The number of nitrogens with zero attached hydrogens (tertiary/aromatic N) is 6. The third-order valence-electron chi connectivity index (χ3n) is 7.62.